The van der Waals surface area contributed by atoms with Crippen molar-refractivity contribution in [2.75, 3.05) is 5.88 Å². The summed E-state index contributed by atoms with van der Waals surface area (Å²) in [6.45, 7) is 0. The molecule has 0 aliphatic carbocycles. The fourth-order valence-electron chi connectivity index (χ4n) is 1.62. The molecular weight excluding hydrogens is 238 g/mol. The number of rotatable bonds is 4. The van der Waals surface area contributed by atoms with E-state index in [9.17, 15) is 4.79 Å². The Hall–Kier alpha value is -1.74. The Bertz CT molecular complexity index is 467. The quantitative estimate of drug-likeness (QED) is 0.847. The monoisotopic (exact) mass is 249 g/mol. The molecule has 4 heteroatoms. The molecule has 0 saturated heterocycles. The number of hydrogen-bond acceptors (Lipinski definition) is 2. The molecule has 0 aliphatic heterocycles. The third-order valence-electron chi connectivity index (χ3n) is 2.39. The molecule has 88 valence electrons. The minimum absolute atomic E-state index is 0.0654. The molecule has 0 radical (unpaired) electrons. The summed E-state index contributed by atoms with van der Waals surface area (Å²) >= 11 is 5.50. The zero-order chi connectivity index (χ0) is 12.1. The van der Waals surface area contributed by atoms with Crippen LogP contribution in [0.2, 0.25) is 0 Å². The summed E-state index contributed by atoms with van der Waals surface area (Å²) in [7, 11) is 0. The van der Waals surface area contributed by atoms with Gasteiger partial charge in [-0.1, -0.05) is 30.3 Å². The maximum atomic E-state index is 11.4. The molecular formula is C13H12ClNO2. The lowest BCUT2D eigenvalue weighted by Crippen LogP contribution is -2.29. The normalized spacial score (nSPS) is 12.1. The zero-order valence-corrected chi connectivity index (χ0v) is 9.85. The van der Waals surface area contributed by atoms with Crippen LogP contribution in [0.3, 0.4) is 0 Å². The van der Waals surface area contributed by atoms with Crippen LogP contribution in [0.5, 0.6) is 0 Å². The van der Waals surface area contributed by atoms with E-state index in [0.717, 1.165) is 5.56 Å². The van der Waals surface area contributed by atoms with Crippen molar-refractivity contribution < 1.29 is 9.21 Å². The standard InChI is InChI=1S/C13H12ClNO2/c14-9-12(16)15-13(11-7-4-8-17-11)10-5-2-1-3-6-10/h1-8,13H,9H2,(H,15,16)/t13-/m1/s1. The van der Waals surface area contributed by atoms with Gasteiger partial charge in [0.2, 0.25) is 5.91 Å². The molecule has 2 rings (SSSR count). The molecule has 2 aromatic rings. The van der Waals surface area contributed by atoms with E-state index < -0.39 is 0 Å². The van der Waals surface area contributed by atoms with E-state index in [1.807, 2.05) is 36.4 Å². The molecule has 1 atom stereocenters. The van der Waals surface area contributed by atoms with Gasteiger partial charge in [-0.05, 0) is 17.7 Å². The maximum absolute atomic E-state index is 11.4. The van der Waals surface area contributed by atoms with Crippen LogP contribution in [0.4, 0.5) is 0 Å². The largest absolute Gasteiger partial charge is 0.467 e. The molecule has 0 fully saturated rings. The predicted octanol–water partition coefficient (Wildman–Crippen LogP) is 2.72. The molecule has 1 amide bonds. The van der Waals surface area contributed by atoms with Gasteiger partial charge in [0.15, 0.2) is 0 Å². The van der Waals surface area contributed by atoms with Crippen molar-refractivity contribution in [1.29, 1.82) is 0 Å². The molecule has 17 heavy (non-hydrogen) atoms. The summed E-state index contributed by atoms with van der Waals surface area (Å²) in [5.41, 5.74) is 0.959. The van der Waals surface area contributed by atoms with Crippen molar-refractivity contribution >= 4 is 17.5 Å². The molecule has 0 unspecified atom stereocenters. The van der Waals surface area contributed by atoms with Gasteiger partial charge in [-0.25, -0.2) is 0 Å². The number of amides is 1. The van der Waals surface area contributed by atoms with Crippen LogP contribution < -0.4 is 5.32 Å². The van der Waals surface area contributed by atoms with Crippen molar-refractivity contribution in [3.8, 4) is 0 Å². The van der Waals surface area contributed by atoms with Gasteiger partial charge >= 0.3 is 0 Å². The highest BCUT2D eigenvalue weighted by molar-refractivity contribution is 6.27. The van der Waals surface area contributed by atoms with E-state index in [4.69, 9.17) is 16.0 Å². The summed E-state index contributed by atoms with van der Waals surface area (Å²) in [5.74, 6) is 0.399. The van der Waals surface area contributed by atoms with Gasteiger partial charge in [0.05, 0.1) is 6.26 Å². The molecule has 0 spiro atoms. The minimum atomic E-state index is -0.294. The van der Waals surface area contributed by atoms with Crippen molar-refractivity contribution in [3.63, 3.8) is 0 Å². The molecule has 3 nitrogen and oxygen atoms in total. The number of furan rings is 1. The highest BCUT2D eigenvalue weighted by Gasteiger charge is 2.18. The summed E-state index contributed by atoms with van der Waals surface area (Å²) in [5, 5.41) is 2.82. The molecule has 0 saturated carbocycles. The van der Waals surface area contributed by atoms with Crippen LogP contribution in [0.1, 0.15) is 17.4 Å². The first-order valence-corrected chi connectivity index (χ1v) is 5.78. The lowest BCUT2D eigenvalue weighted by atomic mass is 10.0. The van der Waals surface area contributed by atoms with E-state index in [2.05, 4.69) is 5.32 Å². The number of hydrogen-bond donors (Lipinski definition) is 1. The van der Waals surface area contributed by atoms with Crippen molar-refractivity contribution in [2.24, 2.45) is 0 Å². The van der Waals surface area contributed by atoms with Crippen LogP contribution in [0.15, 0.2) is 53.1 Å². The van der Waals surface area contributed by atoms with Gasteiger partial charge in [-0.15, -0.1) is 11.6 Å². The summed E-state index contributed by atoms with van der Waals surface area (Å²) in [6, 6.07) is 12.9. The Morgan fingerprint density at radius 3 is 2.59 bits per heavy atom. The number of halogens is 1. The Balaban J connectivity index is 2.28. The van der Waals surface area contributed by atoms with Crippen molar-refractivity contribution in [2.45, 2.75) is 6.04 Å². The molecule has 1 aromatic carbocycles. The second-order valence-electron chi connectivity index (χ2n) is 3.56. The highest BCUT2D eigenvalue weighted by atomic mass is 35.5. The first kappa shape index (κ1) is 11.7. The number of carbonyl (C=O) groups is 1. The molecule has 0 aliphatic rings. The van der Waals surface area contributed by atoms with Crippen molar-refractivity contribution in [1.82, 2.24) is 5.32 Å². The predicted molar refractivity (Wildman–Crippen MR) is 65.9 cm³/mol. The number of nitrogens with one attached hydrogen (secondary N) is 1. The van der Waals surface area contributed by atoms with Crippen LogP contribution in [-0.2, 0) is 4.79 Å². The smallest absolute Gasteiger partial charge is 0.235 e. The van der Waals surface area contributed by atoms with E-state index in [1.54, 1.807) is 12.3 Å². The summed E-state index contributed by atoms with van der Waals surface area (Å²) in [6.07, 6.45) is 1.58. The second kappa shape index (κ2) is 5.55. The fourth-order valence-corrected chi connectivity index (χ4v) is 1.70. The number of alkyl halides is 1. The lowest BCUT2D eigenvalue weighted by Gasteiger charge is -2.16. The molecule has 0 bridgehead atoms. The zero-order valence-electron chi connectivity index (χ0n) is 9.10. The van der Waals surface area contributed by atoms with Crippen molar-refractivity contribution in [3.05, 3.63) is 60.1 Å². The highest BCUT2D eigenvalue weighted by Crippen LogP contribution is 2.22. The minimum Gasteiger partial charge on any atom is -0.467 e. The van der Waals surface area contributed by atoms with Crippen LogP contribution >= 0.6 is 11.6 Å². The third kappa shape index (κ3) is 2.88. The number of carbonyl (C=O) groups excluding carboxylic acids is 1. The van der Waals surface area contributed by atoms with Crippen LogP contribution in [0, 0.1) is 0 Å². The van der Waals surface area contributed by atoms with Gasteiger partial charge < -0.3 is 9.73 Å². The third-order valence-corrected chi connectivity index (χ3v) is 2.63. The first-order valence-electron chi connectivity index (χ1n) is 5.25. The first-order chi connectivity index (χ1) is 8.31. The Morgan fingerprint density at radius 2 is 2.00 bits per heavy atom. The fraction of sp³-hybridized carbons (Fsp3) is 0.154. The van der Waals surface area contributed by atoms with Gasteiger partial charge in [0.1, 0.15) is 17.7 Å². The molecule has 1 heterocycles. The lowest BCUT2D eigenvalue weighted by molar-refractivity contribution is -0.119. The van der Waals surface area contributed by atoms with Gasteiger partial charge in [0, 0.05) is 0 Å². The molecule has 1 aromatic heterocycles. The Kier molecular flexibility index (Phi) is 3.83. The van der Waals surface area contributed by atoms with E-state index >= 15 is 0 Å². The second-order valence-corrected chi connectivity index (χ2v) is 3.83. The SMILES string of the molecule is O=C(CCl)N[C@H](c1ccccc1)c1ccco1. The Labute approximate surface area is 104 Å². The Morgan fingerprint density at radius 1 is 1.24 bits per heavy atom. The summed E-state index contributed by atoms with van der Waals surface area (Å²) in [4.78, 5) is 11.4. The van der Waals surface area contributed by atoms with E-state index in [-0.39, 0.29) is 17.8 Å². The molecule has 1 N–H and O–H groups in total. The maximum Gasteiger partial charge on any atom is 0.235 e. The van der Waals surface area contributed by atoms with Crippen LogP contribution in [0.25, 0.3) is 0 Å². The van der Waals surface area contributed by atoms with Gasteiger partial charge in [-0.2, -0.15) is 0 Å². The average Bonchev–Trinajstić information content (AvgIpc) is 2.90. The van der Waals surface area contributed by atoms with Crippen LogP contribution in [-0.4, -0.2) is 11.8 Å². The average molecular weight is 250 g/mol. The topological polar surface area (TPSA) is 42.2 Å². The summed E-state index contributed by atoms with van der Waals surface area (Å²) < 4.78 is 5.34. The van der Waals surface area contributed by atoms with Gasteiger partial charge in [-0.3, -0.25) is 4.79 Å². The van der Waals surface area contributed by atoms with E-state index in [1.165, 1.54) is 0 Å². The van der Waals surface area contributed by atoms with Gasteiger partial charge in [0.25, 0.3) is 0 Å². The number of benzene rings is 1. The van der Waals surface area contributed by atoms with E-state index in [0.29, 0.717) is 5.76 Å².